The van der Waals surface area contributed by atoms with Gasteiger partial charge in [0.25, 0.3) is 5.56 Å². The zero-order valence-electron chi connectivity index (χ0n) is 58.3. The lowest BCUT2D eigenvalue weighted by molar-refractivity contribution is -0.159. The molecule has 1 aliphatic carbocycles. The van der Waals surface area contributed by atoms with Gasteiger partial charge in [0.2, 0.25) is 35.6 Å². The van der Waals surface area contributed by atoms with E-state index >= 15 is 0 Å². The van der Waals surface area contributed by atoms with Crippen LogP contribution in [-0.4, -0.2) is 229 Å². The molecule has 1 unspecified atom stereocenters. The number of allylic oxidation sites excluding steroid dienone is 1. The number of pyridine rings is 1. The number of phenols is 1. The molecule has 2 aromatic carbocycles. The molecule has 0 spiro atoms. The molecule has 7 rings (SSSR count). The number of benzene rings is 2. The number of aliphatic imine (C=N–C) groups is 1. The van der Waals surface area contributed by atoms with Crippen molar-refractivity contribution in [2.75, 3.05) is 151 Å². The molecule has 2 atom stereocenters. The first-order valence-corrected chi connectivity index (χ1v) is 34.3. The number of aldehydes is 1. The largest absolute Gasteiger partial charge is 0.509 e. The predicted molar refractivity (Wildman–Crippen MR) is 366 cm³/mol. The van der Waals surface area contributed by atoms with Gasteiger partial charge in [0.15, 0.2) is 0 Å². The molecule has 4 aromatic rings. The van der Waals surface area contributed by atoms with Gasteiger partial charge in [-0.25, -0.2) is 14.3 Å². The minimum atomic E-state index is -1.58. The number of rotatable bonds is 48. The molecule has 2 aromatic heterocycles. The van der Waals surface area contributed by atoms with Crippen LogP contribution in [0.5, 0.6) is 5.75 Å². The number of amides is 5. The summed E-state index contributed by atoms with van der Waals surface area (Å²) in [4.78, 5) is 119. The highest BCUT2D eigenvalue weighted by Gasteiger charge is 2.38. The van der Waals surface area contributed by atoms with Crippen LogP contribution in [0.25, 0.3) is 5.57 Å². The molecule has 558 valence electrons. The van der Waals surface area contributed by atoms with Crippen molar-refractivity contribution in [2.24, 2.45) is 22.7 Å². The van der Waals surface area contributed by atoms with E-state index in [2.05, 4.69) is 38.2 Å². The number of nitrogens with zero attached hydrogens (tertiary/aromatic N) is 6. The number of aromatic hydroxyl groups is 1. The Balaban J connectivity index is 0.590. The van der Waals surface area contributed by atoms with E-state index in [0.717, 1.165) is 37.5 Å². The number of nitrogens with one attached hydrogen (secondary N) is 4. The zero-order valence-corrected chi connectivity index (χ0v) is 58.3. The van der Waals surface area contributed by atoms with E-state index in [-0.39, 0.29) is 79.9 Å². The topological polar surface area (TPSA) is 384 Å². The number of anilines is 1. The van der Waals surface area contributed by atoms with Crippen molar-refractivity contribution < 1.29 is 100 Å². The van der Waals surface area contributed by atoms with E-state index in [1.807, 2.05) is 6.92 Å². The maximum Gasteiger partial charge on any atom is 0.509 e. The van der Waals surface area contributed by atoms with Crippen molar-refractivity contribution in [1.29, 1.82) is 0 Å². The summed E-state index contributed by atoms with van der Waals surface area (Å²) < 4.78 is 68.6. The average molecular weight is 1430 g/mol. The van der Waals surface area contributed by atoms with Crippen molar-refractivity contribution in [3.05, 3.63) is 105 Å². The van der Waals surface area contributed by atoms with Gasteiger partial charge in [0, 0.05) is 68.2 Å². The van der Waals surface area contributed by atoms with Crippen LogP contribution in [0.2, 0.25) is 0 Å². The number of esters is 1. The summed E-state index contributed by atoms with van der Waals surface area (Å²) in [7, 11) is 1.77. The molecule has 5 amide bonds. The maximum atomic E-state index is 13.6. The van der Waals surface area contributed by atoms with Crippen molar-refractivity contribution in [2.45, 2.75) is 97.7 Å². The molecule has 1 fully saturated rings. The normalized spacial score (nSPS) is 16.1. The van der Waals surface area contributed by atoms with Crippen LogP contribution in [0.4, 0.5) is 16.2 Å². The van der Waals surface area contributed by atoms with E-state index in [0.29, 0.717) is 184 Å². The number of hydrogen-bond donors (Lipinski definition) is 5. The highest BCUT2D eigenvalue weighted by molar-refractivity contribution is 6.03. The van der Waals surface area contributed by atoms with Crippen LogP contribution in [0.1, 0.15) is 98.5 Å². The van der Waals surface area contributed by atoms with Crippen molar-refractivity contribution >= 4 is 70.6 Å². The summed E-state index contributed by atoms with van der Waals surface area (Å²) in [6.07, 6.45) is 4.33. The number of hydrogen-bond acceptors (Lipinski definition) is 25. The smallest absolute Gasteiger partial charge is 0.508 e. The van der Waals surface area contributed by atoms with Crippen molar-refractivity contribution in [3.8, 4) is 5.75 Å². The lowest BCUT2D eigenvalue weighted by Gasteiger charge is -2.31. The van der Waals surface area contributed by atoms with Crippen LogP contribution in [0.15, 0.2) is 71.1 Å². The Morgan fingerprint density at radius 2 is 1.37 bits per heavy atom. The Morgan fingerprint density at radius 1 is 0.765 bits per heavy atom. The number of fused-ring (bicyclic) bond motifs is 2. The lowest BCUT2D eigenvalue weighted by Crippen LogP contribution is -2.37. The number of phenolic OH excluding ortho intramolecular Hbond substituents is 1. The number of aromatic nitrogens is 4. The number of carbonyl (C=O) groups excluding carboxylic acids is 8. The quantitative estimate of drug-likeness (QED) is 0.0239. The first kappa shape index (κ1) is 80.5. The molecule has 3 aliphatic rings. The van der Waals surface area contributed by atoms with Crippen LogP contribution >= 0.6 is 0 Å². The van der Waals surface area contributed by atoms with Gasteiger partial charge in [0.05, 0.1) is 154 Å². The van der Waals surface area contributed by atoms with Crippen LogP contribution in [0, 0.1) is 17.8 Å². The van der Waals surface area contributed by atoms with Crippen LogP contribution in [0.3, 0.4) is 0 Å². The third-order valence-corrected chi connectivity index (χ3v) is 16.5. The summed E-state index contributed by atoms with van der Waals surface area (Å²) >= 11 is 0. The molecular formula is C70H96N10O22. The molecule has 0 radical (unpaired) electrons. The van der Waals surface area contributed by atoms with Crippen molar-refractivity contribution in [3.63, 3.8) is 0 Å². The van der Waals surface area contributed by atoms with Gasteiger partial charge in [-0.05, 0) is 85.6 Å². The molecule has 5 N–H and O–H groups in total. The Labute approximate surface area is 591 Å². The summed E-state index contributed by atoms with van der Waals surface area (Å²) in [5, 5.41) is 29.0. The Bertz CT molecular complexity index is 3460. The van der Waals surface area contributed by atoms with Gasteiger partial charge in [-0.1, -0.05) is 37.8 Å². The fourth-order valence-electron chi connectivity index (χ4n) is 10.9. The monoisotopic (exact) mass is 1430 g/mol. The fourth-order valence-corrected chi connectivity index (χ4v) is 10.9. The number of ether oxygens (including phenoxy) is 12. The van der Waals surface area contributed by atoms with Gasteiger partial charge in [-0.2, -0.15) is 0 Å². The van der Waals surface area contributed by atoms with Crippen LogP contribution in [-0.2, 0) is 123 Å². The van der Waals surface area contributed by atoms with Crippen LogP contribution < -0.4 is 26.8 Å². The maximum absolute atomic E-state index is 13.6. The first-order chi connectivity index (χ1) is 49.5. The third-order valence-electron chi connectivity index (χ3n) is 16.5. The van der Waals surface area contributed by atoms with E-state index in [1.165, 1.54) is 10.6 Å². The summed E-state index contributed by atoms with van der Waals surface area (Å²) in [5.41, 5.74) is 4.43. The Hall–Kier alpha value is -8.86. The van der Waals surface area contributed by atoms with Gasteiger partial charge in [-0.3, -0.25) is 33.8 Å². The summed E-state index contributed by atoms with van der Waals surface area (Å²) in [6.45, 7) is 14.1. The van der Waals surface area contributed by atoms with E-state index in [1.54, 1.807) is 72.2 Å². The van der Waals surface area contributed by atoms with Crippen molar-refractivity contribution in [1.82, 2.24) is 40.4 Å². The molecule has 2 aliphatic heterocycles. The van der Waals surface area contributed by atoms with Gasteiger partial charge < -0.3 is 97.5 Å². The second kappa shape index (κ2) is 44.5. The second-order valence-corrected chi connectivity index (χ2v) is 24.3. The van der Waals surface area contributed by atoms with E-state index in [9.17, 15) is 48.3 Å². The molecule has 32 heteroatoms. The molecule has 4 heterocycles. The predicted octanol–water partition coefficient (Wildman–Crippen LogP) is 3.67. The second-order valence-electron chi connectivity index (χ2n) is 24.3. The average Bonchev–Trinajstić information content (AvgIpc) is 1.46. The first-order valence-electron chi connectivity index (χ1n) is 34.3. The standard InChI is InChI=1S/C70H96N10O22/c1-5-49(3)56-37-55(82)14-15-59(56)75-60-16-18-80-61(60)38-57-58(68(80)88)45-100-69(89)66(57)102-70(90)101-44-51-8-12-53(13-9-51)74-62(83)40-72-64(85)47-99-46-63(84)71-17-20-91-22-24-93-26-28-95-30-32-97-34-35-98-33-31-96-29-27-94-25-23-92-21-19-79-42-54(76-77-79)39-73-67(87)52-10-6-50(7-11-52)41-78(4)65(86)36-48(2)43-81/h8-9,12-15,37-38,42-43,48,50,52,66,82H,3,5-7,10-11,16-36,39-41,44-47H2,1-2,4H3,(H,71,84)(H,72,85)(H,73,87)(H,74,83)/b75-60+/t48?,50?,52?,66-/m0/s1. The Kier molecular flexibility index (Phi) is 35.1. The number of cyclic esters (lactones) is 1. The molecule has 1 saturated carbocycles. The highest BCUT2D eigenvalue weighted by Crippen LogP contribution is 2.35. The Morgan fingerprint density at radius 3 is 1.99 bits per heavy atom. The molecule has 32 nitrogen and oxygen atoms in total. The van der Waals surface area contributed by atoms with Gasteiger partial charge in [-0.15, -0.1) is 5.10 Å². The number of carbonyl (C=O) groups is 8. The lowest BCUT2D eigenvalue weighted by atomic mass is 9.81. The summed E-state index contributed by atoms with van der Waals surface area (Å²) in [6, 6.07) is 12.6. The third kappa shape index (κ3) is 28.2. The highest BCUT2D eigenvalue weighted by atomic mass is 16.7. The van der Waals surface area contributed by atoms with Gasteiger partial charge >= 0.3 is 12.1 Å². The van der Waals surface area contributed by atoms with E-state index in [4.69, 9.17) is 61.8 Å². The van der Waals surface area contributed by atoms with Gasteiger partial charge in [0.1, 0.15) is 44.2 Å². The summed E-state index contributed by atoms with van der Waals surface area (Å²) in [5.74, 6) is -2.49. The zero-order chi connectivity index (χ0) is 72.9. The molecule has 0 saturated heterocycles. The fraction of sp³-hybridized carbons (Fsp3) is 0.571. The SMILES string of the molecule is C=C(CC)c1cc(O)ccc1/N=C1\CCn2c1cc1c(c2=O)COC(=O)[C@H]1OC(=O)OCc1ccc(NC(=O)CNC(=O)COCC(=O)NCCOCCOCCOCCOCCOCCOCCOCCOCCn2cc(CNC(=O)C3CCC(CN(C)C(=O)CC(C)C=O)CC3)nn2)cc1. The van der Waals surface area contributed by atoms with E-state index < -0.39 is 54.7 Å². The molecular weight excluding hydrogens is 1330 g/mol. The minimum absolute atomic E-state index is 0.00403. The minimum Gasteiger partial charge on any atom is -0.508 e. The molecule has 102 heavy (non-hydrogen) atoms. The molecule has 0 bridgehead atoms.